The summed E-state index contributed by atoms with van der Waals surface area (Å²) in [5.41, 5.74) is 8.13. The summed E-state index contributed by atoms with van der Waals surface area (Å²) in [6.45, 7) is 8.62. The molecule has 1 aromatic rings. The average Bonchev–Trinajstić information content (AvgIpc) is 2.40. The third-order valence-electron chi connectivity index (χ3n) is 3.50. The van der Waals surface area contributed by atoms with Gasteiger partial charge in [-0.3, -0.25) is 4.90 Å². The van der Waals surface area contributed by atoms with Gasteiger partial charge in [0.05, 0.1) is 5.69 Å². The molecule has 1 fully saturated rings. The molecule has 3 nitrogen and oxygen atoms in total. The summed E-state index contributed by atoms with van der Waals surface area (Å²) < 4.78 is 1.16. The summed E-state index contributed by atoms with van der Waals surface area (Å²) in [6, 6.07) is 6.44. The molecule has 2 rings (SSSR count). The number of benzene rings is 1. The Morgan fingerprint density at radius 2 is 1.94 bits per heavy atom. The van der Waals surface area contributed by atoms with Crippen molar-refractivity contribution in [1.29, 1.82) is 0 Å². The van der Waals surface area contributed by atoms with E-state index in [1.54, 1.807) is 0 Å². The monoisotopic (exact) mass is 311 g/mol. The molecule has 1 heterocycles. The Balaban J connectivity index is 2.01. The minimum Gasteiger partial charge on any atom is -0.368 e. The normalized spacial score (nSPS) is 17.2. The van der Waals surface area contributed by atoms with Crippen molar-refractivity contribution in [1.82, 2.24) is 4.90 Å². The number of nitrogens with zero attached hydrogens (tertiary/aromatic N) is 2. The van der Waals surface area contributed by atoms with Gasteiger partial charge in [-0.15, -0.1) is 0 Å². The molecule has 0 saturated carbocycles. The lowest BCUT2D eigenvalue weighted by Gasteiger charge is -2.36. The number of hydrogen-bond donors (Lipinski definition) is 1. The fourth-order valence-corrected chi connectivity index (χ4v) is 3.14. The molecule has 0 aliphatic carbocycles. The maximum Gasteiger partial charge on any atom is 0.0511 e. The predicted octanol–water partition coefficient (Wildman–Crippen LogP) is 2.44. The van der Waals surface area contributed by atoms with Crippen LogP contribution in [0, 0.1) is 0 Å². The number of nitrogens with two attached hydrogens (primary N) is 1. The van der Waals surface area contributed by atoms with Gasteiger partial charge in [0.1, 0.15) is 0 Å². The maximum atomic E-state index is 5.66. The second kappa shape index (κ2) is 6.55. The van der Waals surface area contributed by atoms with Crippen molar-refractivity contribution in [3.05, 3.63) is 28.2 Å². The van der Waals surface area contributed by atoms with Crippen LogP contribution in [0.25, 0.3) is 0 Å². The van der Waals surface area contributed by atoms with Crippen LogP contribution in [0.5, 0.6) is 0 Å². The van der Waals surface area contributed by atoms with Crippen molar-refractivity contribution in [3.8, 4) is 0 Å². The predicted molar refractivity (Wildman–Crippen MR) is 81.0 cm³/mol. The van der Waals surface area contributed by atoms with Crippen LogP contribution in [-0.2, 0) is 6.54 Å². The molecule has 1 aliphatic heterocycles. The zero-order valence-corrected chi connectivity index (χ0v) is 12.6. The molecule has 4 heteroatoms. The summed E-state index contributed by atoms with van der Waals surface area (Å²) >= 11 is 3.66. The Labute approximate surface area is 118 Å². The molecule has 0 unspecified atom stereocenters. The second-order valence-corrected chi connectivity index (χ2v) is 5.67. The van der Waals surface area contributed by atoms with Gasteiger partial charge in [0.15, 0.2) is 0 Å². The molecule has 0 bridgehead atoms. The van der Waals surface area contributed by atoms with Crippen LogP contribution >= 0.6 is 15.9 Å². The standard InChI is InChI=1S/C14H22BrN3/c1-2-5-17-6-8-18(9-7-17)14-4-3-12(11-16)10-13(14)15/h3-4,10H,2,5-9,11,16H2,1H3. The molecule has 1 saturated heterocycles. The third-order valence-corrected chi connectivity index (χ3v) is 4.14. The van der Waals surface area contributed by atoms with Crippen LogP contribution in [0.3, 0.4) is 0 Å². The summed E-state index contributed by atoms with van der Waals surface area (Å²) in [7, 11) is 0. The van der Waals surface area contributed by atoms with E-state index >= 15 is 0 Å². The molecule has 18 heavy (non-hydrogen) atoms. The number of rotatable bonds is 4. The number of anilines is 1. The lowest BCUT2D eigenvalue weighted by Crippen LogP contribution is -2.46. The fraction of sp³-hybridized carbons (Fsp3) is 0.571. The molecular weight excluding hydrogens is 290 g/mol. The molecule has 2 N–H and O–H groups in total. The van der Waals surface area contributed by atoms with E-state index in [1.807, 2.05) is 0 Å². The highest BCUT2D eigenvalue weighted by atomic mass is 79.9. The Kier molecular flexibility index (Phi) is 5.03. The van der Waals surface area contributed by atoms with Gasteiger partial charge in [-0.1, -0.05) is 13.0 Å². The largest absolute Gasteiger partial charge is 0.368 e. The quantitative estimate of drug-likeness (QED) is 0.927. The van der Waals surface area contributed by atoms with Crippen molar-refractivity contribution in [2.24, 2.45) is 5.73 Å². The van der Waals surface area contributed by atoms with Crippen LogP contribution in [0.4, 0.5) is 5.69 Å². The number of hydrogen-bond acceptors (Lipinski definition) is 3. The van der Waals surface area contributed by atoms with Gasteiger partial charge in [0, 0.05) is 37.2 Å². The average molecular weight is 312 g/mol. The highest BCUT2D eigenvalue weighted by Gasteiger charge is 2.17. The first kappa shape index (κ1) is 13.8. The summed E-state index contributed by atoms with van der Waals surface area (Å²) in [6.07, 6.45) is 1.24. The van der Waals surface area contributed by atoms with Gasteiger partial charge in [-0.25, -0.2) is 0 Å². The second-order valence-electron chi connectivity index (χ2n) is 4.82. The zero-order valence-electron chi connectivity index (χ0n) is 11.0. The summed E-state index contributed by atoms with van der Waals surface area (Å²) in [4.78, 5) is 5.00. The molecule has 0 aromatic heterocycles. The minimum atomic E-state index is 0.600. The number of halogens is 1. The van der Waals surface area contributed by atoms with Gasteiger partial charge >= 0.3 is 0 Å². The maximum absolute atomic E-state index is 5.66. The van der Waals surface area contributed by atoms with Gasteiger partial charge in [0.2, 0.25) is 0 Å². The van der Waals surface area contributed by atoms with Crippen molar-refractivity contribution in [3.63, 3.8) is 0 Å². The molecule has 0 amide bonds. The van der Waals surface area contributed by atoms with Crippen molar-refractivity contribution in [2.75, 3.05) is 37.6 Å². The van der Waals surface area contributed by atoms with E-state index in [0.29, 0.717) is 6.54 Å². The fourth-order valence-electron chi connectivity index (χ4n) is 2.46. The van der Waals surface area contributed by atoms with E-state index in [-0.39, 0.29) is 0 Å². The van der Waals surface area contributed by atoms with Crippen molar-refractivity contribution < 1.29 is 0 Å². The van der Waals surface area contributed by atoms with E-state index in [2.05, 4.69) is 50.9 Å². The Bertz CT molecular complexity index is 387. The van der Waals surface area contributed by atoms with E-state index in [1.165, 1.54) is 37.3 Å². The van der Waals surface area contributed by atoms with Crippen molar-refractivity contribution >= 4 is 21.6 Å². The summed E-state index contributed by atoms with van der Waals surface area (Å²) in [5, 5.41) is 0. The van der Waals surface area contributed by atoms with Crippen LogP contribution in [0.1, 0.15) is 18.9 Å². The van der Waals surface area contributed by atoms with Gasteiger partial charge in [-0.05, 0) is 46.6 Å². The van der Waals surface area contributed by atoms with Gasteiger partial charge in [0.25, 0.3) is 0 Å². The zero-order chi connectivity index (χ0) is 13.0. The summed E-state index contributed by atoms with van der Waals surface area (Å²) in [5.74, 6) is 0. The smallest absolute Gasteiger partial charge is 0.0511 e. The van der Waals surface area contributed by atoms with Crippen molar-refractivity contribution in [2.45, 2.75) is 19.9 Å². The number of piperazine rings is 1. The first-order chi connectivity index (χ1) is 8.74. The van der Waals surface area contributed by atoms with E-state index in [0.717, 1.165) is 17.6 Å². The Morgan fingerprint density at radius 3 is 2.50 bits per heavy atom. The van der Waals surface area contributed by atoms with Crippen LogP contribution in [-0.4, -0.2) is 37.6 Å². The molecule has 100 valence electrons. The molecule has 0 atom stereocenters. The molecule has 1 aliphatic rings. The Hall–Kier alpha value is -0.580. The SMILES string of the molecule is CCCN1CCN(c2ccc(CN)cc2Br)CC1. The lowest BCUT2D eigenvalue weighted by atomic mass is 10.2. The van der Waals surface area contributed by atoms with E-state index in [4.69, 9.17) is 5.73 Å². The topological polar surface area (TPSA) is 32.5 Å². The van der Waals surface area contributed by atoms with E-state index < -0.39 is 0 Å². The van der Waals surface area contributed by atoms with Crippen LogP contribution in [0.2, 0.25) is 0 Å². The van der Waals surface area contributed by atoms with Crippen LogP contribution in [0.15, 0.2) is 22.7 Å². The molecular formula is C14H22BrN3. The lowest BCUT2D eigenvalue weighted by molar-refractivity contribution is 0.258. The third kappa shape index (κ3) is 3.25. The highest BCUT2D eigenvalue weighted by molar-refractivity contribution is 9.10. The Morgan fingerprint density at radius 1 is 1.22 bits per heavy atom. The highest BCUT2D eigenvalue weighted by Crippen LogP contribution is 2.28. The van der Waals surface area contributed by atoms with E-state index in [9.17, 15) is 0 Å². The van der Waals surface area contributed by atoms with Gasteiger partial charge < -0.3 is 10.6 Å². The van der Waals surface area contributed by atoms with Gasteiger partial charge in [-0.2, -0.15) is 0 Å². The molecule has 0 spiro atoms. The molecule has 1 aromatic carbocycles. The first-order valence-corrected chi connectivity index (χ1v) is 7.49. The minimum absolute atomic E-state index is 0.600. The molecule has 0 radical (unpaired) electrons. The van der Waals surface area contributed by atoms with Crippen LogP contribution < -0.4 is 10.6 Å². The first-order valence-electron chi connectivity index (χ1n) is 6.70.